The fourth-order valence-electron chi connectivity index (χ4n) is 4.17. The van der Waals surface area contributed by atoms with Gasteiger partial charge in [-0.25, -0.2) is 4.79 Å². The molecule has 0 saturated carbocycles. The molecule has 0 N–H and O–H groups in total. The average molecular weight is 512 g/mol. The van der Waals surface area contributed by atoms with E-state index in [1.807, 2.05) is 7.05 Å². The minimum absolute atomic E-state index is 0.180. The fraction of sp³-hybridized carbons (Fsp3) is 0.867. The van der Waals surface area contributed by atoms with Crippen molar-refractivity contribution in [3.63, 3.8) is 0 Å². The Morgan fingerprint density at radius 3 is 1.75 bits per heavy atom. The predicted molar refractivity (Wildman–Crippen MR) is 149 cm³/mol. The number of hydrogen-bond donors (Lipinski definition) is 0. The molecule has 6 heteroatoms. The maximum absolute atomic E-state index is 12.1. The van der Waals surface area contributed by atoms with Gasteiger partial charge in [0.25, 0.3) is 0 Å². The molecular weight excluding hydrogens is 454 g/mol. The van der Waals surface area contributed by atoms with Crippen LogP contribution < -0.4 is 0 Å². The highest BCUT2D eigenvalue weighted by Crippen LogP contribution is 2.17. The van der Waals surface area contributed by atoms with Gasteiger partial charge >= 0.3 is 12.1 Å². The topological polar surface area (TPSA) is 65.1 Å². The zero-order valence-corrected chi connectivity index (χ0v) is 23.9. The van der Waals surface area contributed by atoms with Gasteiger partial charge in [0.1, 0.15) is 12.2 Å². The number of unbranched alkanes of at least 4 members (excludes halogenated alkanes) is 13. The summed E-state index contributed by atoms with van der Waals surface area (Å²) in [6.07, 6.45) is 18.7. The van der Waals surface area contributed by atoms with Crippen molar-refractivity contribution >= 4 is 12.1 Å². The molecule has 0 aliphatic heterocycles. The van der Waals surface area contributed by atoms with Crippen LogP contribution in [0.5, 0.6) is 0 Å². The van der Waals surface area contributed by atoms with E-state index in [1.165, 1.54) is 77.0 Å². The van der Waals surface area contributed by atoms with Gasteiger partial charge in [-0.3, -0.25) is 4.79 Å². The van der Waals surface area contributed by atoms with Gasteiger partial charge in [-0.1, -0.05) is 97.3 Å². The number of carbonyl (C=O) groups is 2. The Morgan fingerprint density at radius 2 is 1.25 bits per heavy atom. The third-order valence-corrected chi connectivity index (χ3v) is 6.56. The van der Waals surface area contributed by atoms with Crippen molar-refractivity contribution < 1.29 is 23.8 Å². The van der Waals surface area contributed by atoms with E-state index in [0.717, 1.165) is 38.8 Å². The van der Waals surface area contributed by atoms with E-state index in [1.54, 1.807) is 0 Å². The normalized spacial score (nSPS) is 12.2. The molecule has 0 saturated heterocycles. The molecule has 0 aromatic carbocycles. The average Bonchev–Trinajstić information content (AvgIpc) is 2.84. The van der Waals surface area contributed by atoms with Crippen LogP contribution in [0, 0.1) is 13.8 Å². The molecule has 0 rings (SSSR count). The largest absolute Gasteiger partial charge is 0.508 e. The van der Waals surface area contributed by atoms with Crippen molar-refractivity contribution in [2.24, 2.45) is 0 Å². The summed E-state index contributed by atoms with van der Waals surface area (Å²) in [5, 5.41) is 0. The molecule has 0 spiro atoms. The summed E-state index contributed by atoms with van der Waals surface area (Å²) in [5.41, 5.74) is 0. The molecule has 0 heterocycles. The van der Waals surface area contributed by atoms with Gasteiger partial charge in [0.15, 0.2) is 0 Å². The smallest absolute Gasteiger partial charge is 0.462 e. The molecule has 2 radical (unpaired) electrons. The van der Waals surface area contributed by atoms with E-state index in [4.69, 9.17) is 14.2 Å². The van der Waals surface area contributed by atoms with Crippen molar-refractivity contribution in [1.82, 2.24) is 4.90 Å². The highest BCUT2D eigenvalue weighted by atomic mass is 16.7. The van der Waals surface area contributed by atoms with E-state index in [-0.39, 0.29) is 18.5 Å². The number of rotatable bonds is 25. The van der Waals surface area contributed by atoms with Crippen LogP contribution in [0.15, 0.2) is 0 Å². The zero-order valence-electron chi connectivity index (χ0n) is 23.9. The minimum Gasteiger partial charge on any atom is -0.462 e. The number of esters is 1. The number of hydrogen-bond acceptors (Lipinski definition) is 6. The maximum atomic E-state index is 12.1. The quantitative estimate of drug-likeness (QED) is 0.0911. The van der Waals surface area contributed by atoms with Crippen LogP contribution in [0.4, 0.5) is 4.79 Å². The molecule has 6 nitrogen and oxygen atoms in total. The van der Waals surface area contributed by atoms with Crippen LogP contribution in [-0.4, -0.2) is 56.0 Å². The lowest BCUT2D eigenvalue weighted by Gasteiger charge is -2.18. The first-order valence-corrected chi connectivity index (χ1v) is 14.8. The molecular formula is C30H57NO5. The SMILES string of the molecule is [CH2]C([CH2])OC(=O)CCC(CCCCCCCCCCCCCCCC)OC(=O)OCCCN(C)CC. The van der Waals surface area contributed by atoms with Gasteiger partial charge < -0.3 is 19.1 Å². The van der Waals surface area contributed by atoms with Crippen LogP contribution in [0.1, 0.15) is 129 Å². The second-order valence-corrected chi connectivity index (χ2v) is 10.1. The monoisotopic (exact) mass is 511 g/mol. The van der Waals surface area contributed by atoms with Crippen LogP contribution in [0.3, 0.4) is 0 Å². The first-order valence-electron chi connectivity index (χ1n) is 14.8. The molecule has 0 aromatic rings. The summed E-state index contributed by atoms with van der Waals surface area (Å²) < 4.78 is 15.8. The summed E-state index contributed by atoms with van der Waals surface area (Å²) in [6.45, 7) is 13.7. The number of ether oxygens (including phenoxy) is 3. The first-order chi connectivity index (χ1) is 17.4. The van der Waals surface area contributed by atoms with Crippen molar-refractivity contribution in [3.8, 4) is 0 Å². The molecule has 1 unspecified atom stereocenters. The molecule has 1 atom stereocenters. The Balaban J connectivity index is 4.03. The van der Waals surface area contributed by atoms with Crippen LogP contribution in [-0.2, 0) is 19.0 Å². The van der Waals surface area contributed by atoms with Crippen LogP contribution >= 0.6 is 0 Å². The van der Waals surface area contributed by atoms with Gasteiger partial charge in [0, 0.05) is 13.0 Å². The third-order valence-electron chi connectivity index (χ3n) is 6.56. The summed E-state index contributed by atoms with van der Waals surface area (Å²) in [6, 6.07) is 0. The molecule has 0 fully saturated rings. The van der Waals surface area contributed by atoms with E-state index in [0.29, 0.717) is 13.0 Å². The van der Waals surface area contributed by atoms with E-state index in [2.05, 4.69) is 32.6 Å². The fourth-order valence-corrected chi connectivity index (χ4v) is 4.17. The van der Waals surface area contributed by atoms with Crippen molar-refractivity contribution in [2.75, 3.05) is 26.7 Å². The Hall–Kier alpha value is -1.30. The lowest BCUT2D eigenvalue weighted by molar-refractivity contribution is -0.146. The Bertz CT molecular complexity index is 512. The Kier molecular flexibility index (Phi) is 24.4. The molecule has 0 bridgehead atoms. The maximum Gasteiger partial charge on any atom is 0.508 e. The van der Waals surface area contributed by atoms with E-state index >= 15 is 0 Å². The molecule has 0 aliphatic carbocycles. The van der Waals surface area contributed by atoms with E-state index < -0.39 is 12.3 Å². The molecule has 0 amide bonds. The molecule has 36 heavy (non-hydrogen) atoms. The van der Waals surface area contributed by atoms with Crippen LogP contribution in [0.25, 0.3) is 0 Å². The van der Waals surface area contributed by atoms with Crippen molar-refractivity contribution in [2.45, 2.75) is 142 Å². The third kappa shape index (κ3) is 24.4. The van der Waals surface area contributed by atoms with Gasteiger partial charge in [-0.05, 0) is 53.1 Å². The minimum atomic E-state index is -0.648. The Morgan fingerprint density at radius 1 is 0.722 bits per heavy atom. The standard InChI is InChI=1S/C30H57NO5/c1-6-8-9-10-11-12-13-14-15-16-17-18-19-20-22-28(23-24-29(32)35-27(3)4)36-30(33)34-26-21-25-31(5)7-2/h27-28H,3-4,6-26H2,1-2,5H3. The van der Waals surface area contributed by atoms with Crippen molar-refractivity contribution in [3.05, 3.63) is 13.8 Å². The zero-order chi connectivity index (χ0) is 26.9. The molecule has 212 valence electrons. The Labute approximate surface area is 223 Å². The van der Waals surface area contributed by atoms with E-state index in [9.17, 15) is 9.59 Å². The number of carbonyl (C=O) groups excluding carboxylic acids is 2. The number of nitrogens with zero attached hydrogens (tertiary/aromatic N) is 1. The molecule has 0 aliphatic rings. The second kappa shape index (κ2) is 25.4. The summed E-state index contributed by atoms with van der Waals surface area (Å²) in [7, 11) is 2.03. The molecule has 0 aromatic heterocycles. The van der Waals surface area contributed by atoms with Gasteiger partial charge in [-0.15, -0.1) is 0 Å². The summed E-state index contributed by atoms with van der Waals surface area (Å²) in [4.78, 5) is 26.2. The van der Waals surface area contributed by atoms with Gasteiger partial charge in [0.05, 0.1) is 6.61 Å². The lowest BCUT2D eigenvalue weighted by atomic mass is 10.0. The lowest BCUT2D eigenvalue weighted by Crippen LogP contribution is -2.23. The second-order valence-electron chi connectivity index (χ2n) is 10.1. The predicted octanol–water partition coefficient (Wildman–Crippen LogP) is 8.08. The highest BCUT2D eigenvalue weighted by Gasteiger charge is 2.18. The van der Waals surface area contributed by atoms with Crippen LogP contribution in [0.2, 0.25) is 0 Å². The summed E-state index contributed by atoms with van der Waals surface area (Å²) >= 11 is 0. The highest BCUT2D eigenvalue weighted by molar-refractivity contribution is 5.69. The summed E-state index contributed by atoms with van der Waals surface area (Å²) in [5.74, 6) is -0.365. The van der Waals surface area contributed by atoms with Gasteiger partial charge in [-0.2, -0.15) is 0 Å². The van der Waals surface area contributed by atoms with Gasteiger partial charge in [0.2, 0.25) is 0 Å². The van der Waals surface area contributed by atoms with Crippen molar-refractivity contribution in [1.29, 1.82) is 0 Å². The first kappa shape index (κ1) is 34.7.